The summed E-state index contributed by atoms with van der Waals surface area (Å²) in [4.78, 5) is 11.5. The van der Waals surface area contributed by atoms with E-state index in [1.165, 1.54) is 32.1 Å². The molecule has 0 atom stereocenters. The third-order valence-corrected chi connectivity index (χ3v) is 2.54. The lowest BCUT2D eigenvalue weighted by Crippen LogP contribution is -2.12. The Morgan fingerprint density at radius 2 is 1.47 bits per heavy atom. The molecule has 0 fully saturated rings. The number of rotatable bonds is 8. The summed E-state index contributed by atoms with van der Waals surface area (Å²) in [6.45, 7) is 8.62. The van der Waals surface area contributed by atoms with Crippen LogP contribution in [0.5, 0.6) is 0 Å². The second-order valence-corrected chi connectivity index (χ2v) is 5.79. The SMILES string of the molecule is CCCCCCCCC(=O)CC(C)(C)C. The molecule has 0 saturated heterocycles. The Labute approximate surface area is 95.6 Å². The fraction of sp³-hybridized carbons (Fsp3) is 0.929. The van der Waals surface area contributed by atoms with Gasteiger partial charge in [0, 0.05) is 12.8 Å². The minimum atomic E-state index is 0.166. The Bertz CT molecular complexity index is 165. The highest BCUT2D eigenvalue weighted by molar-refractivity contribution is 5.78. The molecule has 0 rings (SSSR count). The van der Waals surface area contributed by atoms with Gasteiger partial charge in [-0.05, 0) is 11.8 Å². The predicted octanol–water partition coefficient (Wildman–Crippen LogP) is 4.74. The van der Waals surface area contributed by atoms with Gasteiger partial charge < -0.3 is 0 Å². The van der Waals surface area contributed by atoms with E-state index in [-0.39, 0.29) is 5.41 Å². The Morgan fingerprint density at radius 3 is 2.00 bits per heavy atom. The van der Waals surface area contributed by atoms with Gasteiger partial charge in [0.15, 0.2) is 0 Å². The van der Waals surface area contributed by atoms with Crippen LogP contribution in [0.2, 0.25) is 0 Å². The lowest BCUT2D eigenvalue weighted by Gasteiger charge is -2.16. The molecule has 0 radical (unpaired) electrons. The van der Waals surface area contributed by atoms with E-state index in [1.807, 2.05) is 0 Å². The topological polar surface area (TPSA) is 17.1 Å². The largest absolute Gasteiger partial charge is 0.300 e. The molecule has 1 heteroatoms. The van der Waals surface area contributed by atoms with Crippen LogP contribution < -0.4 is 0 Å². The van der Waals surface area contributed by atoms with E-state index in [1.54, 1.807) is 0 Å². The minimum absolute atomic E-state index is 0.166. The molecule has 0 aliphatic rings. The van der Waals surface area contributed by atoms with E-state index in [0.717, 1.165) is 19.3 Å². The molecule has 0 amide bonds. The number of unbranched alkanes of at least 4 members (excludes halogenated alkanes) is 5. The summed E-state index contributed by atoms with van der Waals surface area (Å²) in [5.41, 5.74) is 0.166. The van der Waals surface area contributed by atoms with Crippen molar-refractivity contribution in [3.63, 3.8) is 0 Å². The molecule has 0 bridgehead atoms. The minimum Gasteiger partial charge on any atom is -0.300 e. The second-order valence-electron chi connectivity index (χ2n) is 5.79. The number of hydrogen-bond acceptors (Lipinski definition) is 1. The number of carbonyl (C=O) groups is 1. The Kier molecular flexibility index (Phi) is 7.72. The van der Waals surface area contributed by atoms with Gasteiger partial charge in [-0.2, -0.15) is 0 Å². The van der Waals surface area contributed by atoms with Crippen LogP contribution in [0.4, 0.5) is 0 Å². The van der Waals surface area contributed by atoms with Crippen molar-refractivity contribution in [1.29, 1.82) is 0 Å². The quantitative estimate of drug-likeness (QED) is 0.531. The van der Waals surface area contributed by atoms with Crippen molar-refractivity contribution in [3.05, 3.63) is 0 Å². The summed E-state index contributed by atoms with van der Waals surface area (Å²) in [5.74, 6) is 0.443. The highest BCUT2D eigenvalue weighted by Gasteiger charge is 2.15. The van der Waals surface area contributed by atoms with Gasteiger partial charge >= 0.3 is 0 Å². The molecule has 15 heavy (non-hydrogen) atoms. The Balaban J connectivity index is 3.32. The molecule has 90 valence electrons. The van der Waals surface area contributed by atoms with Crippen LogP contribution in [0.3, 0.4) is 0 Å². The van der Waals surface area contributed by atoms with E-state index in [0.29, 0.717) is 5.78 Å². The molecule has 0 aromatic carbocycles. The van der Waals surface area contributed by atoms with E-state index in [9.17, 15) is 4.79 Å². The second kappa shape index (κ2) is 7.90. The van der Waals surface area contributed by atoms with Gasteiger partial charge in [0.1, 0.15) is 5.78 Å². The van der Waals surface area contributed by atoms with Gasteiger partial charge in [-0.25, -0.2) is 0 Å². The lowest BCUT2D eigenvalue weighted by atomic mass is 9.88. The maximum atomic E-state index is 11.5. The normalized spacial score (nSPS) is 11.7. The molecule has 0 unspecified atom stereocenters. The summed E-state index contributed by atoms with van der Waals surface area (Å²) in [6, 6.07) is 0. The van der Waals surface area contributed by atoms with Crippen molar-refractivity contribution in [3.8, 4) is 0 Å². The van der Waals surface area contributed by atoms with E-state index < -0.39 is 0 Å². The molecule has 0 N–H and O–H groups in total. The van der Waals surface area contributed by atoms with Crippen LogP contribution in [0.15, 0.2) is 0 Å². The van der Waals surface area contributed by atoms with E-state index in [4.69, 9.17) is 0 Å². The van der Waals surface area contributed by atoms with Crippen molar-refractivity contribution >= 4 is 5.78 Å². The zero-order chi connectivity index (χ0) is 11.7. The molecule has 0 heterocycles. The van der Waals surface area contributed by atoms with Crippen molar-refractivity contribution in [2.45, 2.75) is 79.1 Å². The van der Waals surface area contributed by atoms with Crippen LogP contribution in [-0.2, 0) is 4.79 Å². The molecule has 0 aliphatic carbocycles. The van der Waals surface area contributed by atoms with Crippen molar-refractivity contribution in [2.75, 3.05) is 0 Å². The first-order chi connectivity index (χ1) is 6.95. The van der Waals surface area contributed by atoms with Crippen molar-refractivity contribution in [2.24, 2.45) is 5.41 Å². The fourth-order valence-electron chi connectivity index (χ4n) is 1.78. The van der Waals surface area contributed by atoms with Gasteiger partial charge in [0.25, 0.3) is 0 Å². The molecule has 0 saturated carbocycles. The Hall–Kier alpha value is -0.330. The van der Waals surface area contributed by atoms with Crippen molar-refractivity contribution < 1.29 is 4.79 Å². The smallest absolute Gasteiger partial charge is 0.133 e. The molecule has 0 spiro atoms. The average Bonchev–Trinajstić information content (AvgIpc) is 2.08. The molecular weight excluding hydrogens is 184 g/mol. The highest BCUT2D eigenvalue weighted by atomic mass is 16.1. The summed E-state index contributed by atoms with van der Waals surface area (Å²) >= 11 is 0. The zero-order valence-electron chi connectivity index (χ0n) is 11.1. The zero-order valence-corrected chi connectivity index (χ0v) is 11.1. The fourth-order valence-corrected chi connectivity index (χ4v) is 1.78. The number of ketones is 1. The van der Waals surface area contributed by atoms with Crippen LogP contribution in [0, 0.1) is 5.41 Å². The predicted molar refractivity (Wildman–Crippen MR) is 67.1 cm³/mol. The Morgan fingerprint density at radius 1 is 0.933 bits per heavy atom. The van der Waals surface area contributed by atoms with Crippen LogP contribution in [0.1, 0.15) is 79.1 Å². The summed E-state index contributed by atoms with van der Waals surface area (Å²) < 4.78 is 0. The molecule has 1 nitrogen and oxygen atoms in total. The molecule has 0 aromatic rings. The van der Waals surface area contributed by atoms with Crippen LogP contribution in [-0.4, -0.2) is 5.78 Å². The third-order valence-electron chi connectivity index (χ3n) is 2.54. The number of carbonyl (C=O) groups excluding carboxylic acids is 1. The van der Waals surface area contributed by atoms with Gasteiger partial charge in [0.2, 0.25) is 0 Å². The first-order valence-electron chi connectivity index (χ1n) is 6.47. The number of hydrogen-bond donors (Lipinski definition) is 0. The van der Waals surface area contributed by atoms with Gasteiger partial charge in [0.05, 0.1) is 0 Å². The third kappa shape index (κ3) is 11.6. The first kappa shape index (κ1) is 14.7. The first-order valence-corrected chi connectivity index (χ1v) is 6.47. The standard InChI is InChI=1S/C14H28O/c1-5-6-7-8-9-10-11-13(15)12-14(2,3)4/h5-12H2,1-4H3. The molecular formula is C14H28O. The summed E-state index contributed by atoms with van der Waals surface area (Å²) in [7, 11) is 0. The highest BCUT2D eigenvalue weighted by Crippen LogP contribution is 2.20. The van der Waals surface area contributed by atoms with Gasteiger partial charge in [-0.1, -0.05) is 59.8 Å². The maximum Gasteiger partial charge on any atom is 0.133 e. The summed E-state index contributed by atoms with van der Waals surface area (Å²) in [5, 5.41) is 0. The van der Waals surface area contributed by atoms with Crippen LogP contribution in [0.25, 0.3) is 0 Å². The molecule has 0 aromatic heterocycles. The van der Waals surface area contributed by atoms with Crippen molar-refractivity contribution in [1.82, 2.24) is 0 Å². The monoisotopic (exact) mass is 212 g/mol. The molecule has 0 aliphatic heterocycles. The maximum absolute atomic E-state index is 11.5. The van der Waals surface area contributed by atoms with Gasteiger partial charge in [-0.15, -0.1) is 0 Å². The average molecular weight is 212 g/mol. The van der Waals surface area contributed by atoms with Crippen LogP contribution >= 0.6 is 0 Å². The van der Waals surface area contributed by atoms with E-state index >= 15 is 0 Å². The number of Topliss-reactive ketones (excluding diaryl/α,β-unsaturated/α-hetero) is 1. The summed E-state index contributed by atoms with van der Waals surface area (Å²) in [6.07, 6.45) is 9.14. The van der Waals surface area contributed by atoms with E-state index in [2.05, 4.69) is 27.7 Å². The van der Waals surface area contributed by atoms with Gasteiger partial charge in [-0.3, -0.25) is 4.79 Å². The lowest BCUT2D eigenvalue weighted by molar-refractivity contribution is -0.120.